The van der Waals surface area contributed by atoms with Gasteiger partial charge in [0, 0.05) is 18.7 Å². The standard InChI is InChI=1S/C15H30ClO3P.ClH/c1-2-3-4-5-6-7-8-9-10-11-13-20(18,19)14-12-15(16)17;/h2-14H2,1H3,(H,18,19);1H. The zero-order valence-corrected chi connectivity index (χ0v) is 15.7. The van der Waals surface area contributed by atoms with Gasteiger partial charge < -0.3 is 4.89 Å². The third-order valence-electron chi connectivity index (χ3n) is 3.52. The van der Waals surface area contributed by atoms with E-state index in [1.54, 1.807) is 0 Å². The van der Waals surface area contributed by atoms with Crippen molar-refractivity contribution < 1.29 is 14.3 Å². The van der Waals surface area contributed by atoms with Gasteiger partial charge in [-0.3, -0.25) is 9.36 Å². The highest BCUT2D eigenvalue weighted by Crippen LogP contribution is 2.42. The number of hydrogen-bond acceptors (Lipinski definition) is 2. The molecule has 0 fully saturated rings. The third kappa shape index (κ3) is 18.4. The Morgan fingerprint density at radius 3 is 1.76 bits per heavy atom. The molecule has 0 aliphatic carbocycles. The SMILES string of the molecule is CCCCCCCCCCCCP(=O)(O)CCC(=O)Cl.Cl. The quantitative estimate of drug-likeness (QED) is 0.243. The smallest absolute Gasteiger partial charge is 0.222 e. The van der Waals surface area contributed by atoms with Gasteiger partial charge in [0.15, 0.2) is 0 Å². The summed E-state index contributed by atoms with van der Waals surface area (Å²) in [5.41, 5.74) is 0. The van der Waals surface area contributed by atoms with Crippen LogP contribution >= 0.6 is 31.4 Å². The van der Waals surface area contributed by atoms with Crippen molar-refractivity contribution in [2.45, 2.75) is 77.6 Å². The summed E-state index contributed by atoms with van der Waals surface area (Å²) in [4.78, 5) is 20.2. The van der Waals surface area contributed by atoms with Crippen molar-refractivity contribution >= 4 is 36.6 Å². The lowest BCUT2D eigenvalue weighted by molar-refractivity contribution is -0.111. The molecular formula is C15H31Cl2O3P. The zero-order valence-electron chi connectivity index (χ0n) is 13.2. The largest absolute Gasteiger partial charge is 0.344 e. The Kier molecular flexibility index (Phi) is 17.3. The number of carbonyl (C=O) groups excluding carboxylic acids is 1. The molecule has 0 amide bonds. The molecule has 0 aromatic heterocycles. The van der Waals surface area contributed by atoms with Gasteiger partial charge in [0.2, 0.25) is 12.6 Å². The molecule has 0 spiro atoms. The summed E-state index contributed by atoms with van der Waals surface area (Å²) in [5, 5.41) is -0.526. The number of hydrogen-bond donors (Lipinski definition) is 1. The monoisotopic (exact) mass is 360 g/mol. The lowest BCUT2D eigenvalue weighted by atomic mass is 10.1. The van der Waals surface area contributed by atoms with Gasteiger partial charge in [-0.1, -0.05) is 64.7 Å². The molecule has 0 saturated carbocycles. The fourth-order valence-corrected chi connectivity index (χ4v) is 3.94. The van der Waals surface area contributed by atoms with Crippen molar-refractivity contribution in [3.63, 3.8) is 0 Å². The second-order valence-electron chi connectivity index (χ2n) is 5.58. The first-order valence-corrected chi connectivity index (χ1v) is 10.4. The highest BCUT2D eigenvalue weighted by molar-refractivity contribution is 7.58. The summed E-state index contributed by atoms with van der Waals surface area (Å²) in [7, 11) is -3.13. The first kappa shape index (κ1) is 23.7. The summed E-state index contributed by atoms with van der Waals surface area (Å²) in [6.07, 6.45) is 12.4. The molecule has 21 heavy (non-hydrogen) atoms. The highest BCUT2D eigenvalue weighted by Gasteiger charge is 2.18. The lowest BCUT2D eigenvalue weighted by Crippen LogP contribution is -1.98. The molecule has 1 N–H and O–H groups in total. The Labute approximate surface area is 141 Å². The normalized spacial score (nSPS) is 13.5. The van der Waals surface area contributed by atoms with E-state index < -0.39 is 12.6 Å². The van der Waals surface area contributed by atoms with Gasteiger partial charge in [0.05, 0.1) is 0 Å². The van der Waals surface area contributed by atoms with Gasteiger partial charge in [-0.2, -0.15) is 0 Å². The van der Waals surface area contributed by atoms with E-state index in [1.807, 2.05) is 0 Å². The summed E-state index contributed by atoms with van der Waals surface area (Å²) >= 11 is 5.18. The van der Waals surface area contributed by atoms with Crippen molar-refractivity contribution in [3.8, 4) is 0 Å². The van der Waals surface area contributed by atoms with Gasteiger partial charge in [-0.15, -0.1) is 12.4 Å². The third-order valence-corrected chi connectivity index (χ3v) is 5.65. The highest BCUT2D eigenvalue weighted by atomic mass is 35.5. The molecule has 0 bridgehead atoms. The minimum Gasteiger partial charge on any atom is -0.344 e. The molecular weight excluding hydrogens is 330 g/mol. The van der Waals surface area contributed by atoms with Gasteiger partial charge in [0.1, 0.15) is 0 Å². The Balaban J connectivity index is 0. The van der Waals surface area contributed by atoms with Crippen LogP contribution in [0.2, 0.25) is 0 Å². The number of unbranched alkanes of at least 4 members (excludes halogenated alkanes) is 9. The van der Waals surface area contributed by atoms with Crippen LogP contribution in [0, 0.1) is 0 Å². The summed E-state index contributed by atoms with van der Waals surface area (Å²) in [5.74, 6) is 0. The maximum atomic E-state index is 11.7. The molecule has 0 heterocycles. The average Bonchev–Trinajstić information content (AvgIpc) is 2.39. The van der Waals surface area contributed by atoms with Crippen LogP contribution in [-0.4, -0.2) is 22.5 Å². The van der Waals surface area contributed by atoms with E-state index in [4.69, 9.17) is 11.6 Å². The molecule has 3 nitrogen and oxygen atoms in total. The molecule has 1 atom stereocenters. The van der Waals surface area contributed by atoms with E-state index >= 15 is 0 Å². The van der Waals surface area contributed by atoms with Gasteiger partial charge in [0.25, 0.3) is 0 Å². The van der Waals surface area contributed by atoms with Crippen molar-refractivity contribution in [2.75, 3.05) is 12.3 Å². The van der Waals surface area contributed by atoms with E-state index in [0.29, 0.717) is 6.16 Å². The van der Waals surface area contributed by atoms with Crippen LogP contribution in [0.4, 0.5) is 0 Å². The Morgan fingerprint density at radius 2 is 1.33 bits per heavy atom. The number of carbonyl (C=O) groups is 1. The van der Waals surface area contributed by atoms with Crippen LogP contribution in [0.15, 0.2) is 0 Å². The number of rotatable bonds is 14. The maximum absolute atomic E-state index is 11.7. The van der Waals surface area contributed by atoms with Crippen molar-refractivity contribution in [1.82, 2.24) is 0 Å². The first-order valence-electron chi connectivity index (χ1n) is 7.97. The minimum atomic E-state index is -3.13. The van der Waals surface area contributed by atoms with E-state index in [2.05, 4.69) is 6.92 Å². The predicted octanol–water partition coefficient (Wildman–Crippen LogP) is 5.76. The van der Waals surface area contributed by atoms with E-state index in [-0.39, 0.29) is 25.0 Å². The molecule has 0 aromatic carbocycles. The summed E-state index contributed by atoms with van der Waals surface area (Å²) in [6, 6.07) is 0. The van der Waals surface area contributed by atoms with Crippen LogP contribution < -0.4 is 0 Å². The molecule has 0 radical (unpaired) electrons. The minimum absolute atomic E-state index is 0. The van der Waals surface area contributed by atoms with Gasteiger partial charge >= 0.3 is 0 Å². The van der Waals surface area contributed by atoms with Crippen LogP contribution in [0.3, 0.4) is 0 Å². The Bertz CT molecular complexity index is 299. The van der Waals surface area contributed by atoms with Crippen molar-refractivity contribution in [1.29, 1.82) is 0 Å². The predicted molar refractivity (Wildman–Crippen MR) is 94.1 cm³/mol. The molecule has 0 rings (SSSR count). The average molecular weight is 361 g/mol. The molecule has 0 aliphatic rings. The van der Waals surface area contributed by atoms with E-state index in [0.717, 1.165) is 19.3 Å². The van der Waals surface area contributed by atoms with Gasteiger partial charge in [-0.05, 0) is 18.0 Å². The van der Waals surface area contributed by atoms with Crippen molar-refractivity contribution in [3.05, 3.63) is 0 Å². The molecule has 128 valence electrons. The molecule has 0 aromatic rings. The molecule has 0 saturated heterocycles. The summed E-state index contributed by atoms with van der Waals surface area (Å²) < 4.78 is 11.7. The second-order valence-corrected chi connectivity index (χ2v) is 8.59. The fourth-order valence-electron chi connectivity index (χ4n) is 2.22. The lowest BCUT2D eigenvalue weighted by Gasteiger charge is -2.09. The Hall–Kier alpha value is 0.440. The molecule has 6 heteroatoms. The van der Waals surface area contributed by atoms with Crippen LogP contribution in [0.5, 0.6) is 0 Å². The maximum Gasteiger partial charge on any atom is 0.222 e. The molecule has 0 aliphatic heterocycles. The number of halogens is 2. The summed E-state index contributed by atoms with van der Waals surface area (Å²) in [6.45, 7) is 2.23. The van der Waals surface area contributed by atoms with Crippen LogP contribution in [0.25, 0.3) is 0 Å². The van der Waals surface area contributed by atoms with Crippen LogP contribution in [0.1, 0.15) is 77.6 Å². The zero-order chi connectivity index (χ0) is 15.3. The van der Waals surface area contributed by atoms with E-state index in [9.17, 15) is 14.3 Å². The topological polar surface area (TPSA) is 54.4 Å². The van der Waals surface area contributed by atoms with Gasteiger partial charge in [-0.25, -0.2) is 0 Å². The first-order chi connectivity index (χ1) is 9.48. The second kappa shape index (κ2) is 15.3. The molecule has 1 unspecified atom stereocenters. The van der Waals surface area contributed by atoms with Crippen molar-refractivity contribution in [2.24, 2.45) is 0 Å². The van der Waals surface area contributed by atoms with Crippen LogP contribution in [-0.2, 0) is 9.36 Å². The fraction of sp³-hybridized carbons (Fsp3) is 0.933. The Morgan fingerprint density at radius 1 is 0.905 bits per heavy atom. The van der Waals surface area contributed by atoms with E-state index in [1.165, 1.54) is 44.9 Å².